The number of allylic oxidation sites excluding steroid dienone is 2. The molecule has 0 bridgehead atoms. The predicted molar refractivity (Wildman–Crippen MR) is 141 cm³/mol. The van der Waals surface area contributed by atoms with E-state index in [0.29, 0.717) is 17.8 Å². The van der Waals surface area contributed by atoms with Crippen molar-refractivity contribution >= 4 is 46.8 Å². The van der Waals surface area contributed by atoms with Crippen LogP contribution in [0, 0.1) is 11.3 Å². The highest BCUT2D eigenvalue weighted by Gasteiger charge is 2.73. The number of ketones is 2. The van der Waals surface area contributed by atoms with Crippen LogP contribution in [0.1, 0.15) is 41.4 Å². The molecule has 3 N–H and O–H groups in total. The molecule has 3 atom stereocenters. The number of hydrogen-bond acceptors (Lipinski definition) is 9. The van der Waals surface area contributed by atoms with Gasteiger partial charge in [-0.05, 0) is 25.3 Å². The minimum absolute atomic E-state index is 0.0194. The Morgan fingerprint density at radius 3 is 2.54 bits per heavy atom. The van der Waals surface area contributed by atoms with E-state index in [-0.39, 0.29) is 47.0 Å². The van der Waals surface area contributed by atoms with Crippen LogP contribution < -0.4 is 16.0 Å². The molecule has 14 nitrogen and oxygen atoms in total. The molecule has 6 rings (SSSR count). The number of ether oxygens (including phenoxy) is 1. The van der Waals surface area contributed by atoms with E-state index in [1.165, 1.54) is 48.8 Å². The van der Waals surface area contributed by atoms with E-state index in [0.717, 1.165) is 0 Å². The van der Waals surface area contributed by atoms with Crippen molar-refractivity contribution in [1.82, 2.24) is 24.3 Å². The quantitative estimate of drug-likeness (QED) is 0.342. The Bertz CT molecular complexity index is 1690. The summed E-state index contributed by atoms with van der Waals surface area (Å²) >= 11 is 0. The summed E-state index contributed by atoms with van der Waals surface area (Å²) in [5.41, 5.74) is -1.13. The first kappa shape index (κ1) is 26.2. The largest absolute Gasteiger partial charge is 0.467 e. The molecule has 0 unspecified atom stereocenters. The van der Waals surface area contributed by atoms with Gasteiger partial charge in [-0.25, -0.2) is 9.78 Å². The summed E-state index contributed by atoms with van der Waals surface area (Å²) in [7, 11) is 4.43. The van der Waals surface area contributed by atoms with E-state index >= 15 is 0 Å². The number of rotatable bonds is 5. The van der Waals surface area contributed by atoms with Crippen molar-refractivity contribution < 1.29 is 33.5 Å². The van der Waals surface area contributed by atoms with Gasteiger partial charge in [-0.1, -0.05) is 0 Å². The topological polar surface area (TPSA) is 174 Å². The molecule has 2 aliphatic carbocycles. The fourth-order valence-corrected chi connectivity index (χ4v) is 6.23. The number of nitrogens with zero attached hydrogens (tertiary/aromatic N) is 4. The predicted octanol–water partition coefficient (Wildman–Crippen LogP) is 0.256. The average Bonchev–Trinajstić information content (AvgIpc) is 3.18. The second-order valence-electron chi connectivity index (χ2n) is 10.9. The SMILES string of the molecule is COC(=O)[C@@]1(C)NC2=C(C1=O)[C@]13C[C@H]1CN(C(=O)c1nc(NC(=O)c4cc(NC(C)=O)cn4C)cn1C)C3=CC2=O. The number of esters is 1. The van der Waals surface area contributed by atoms with Crippen LogP contribution in [0.25, 0.3) is 0 Å². The zero-order valence-electron chi connectivity index (χ0n) is 22.9. The molecule has 2 fully saturated rings. The Balaban J connectivity index is 1.24. The highest BCUT2D eigenvalue weighted by Crippen LogP contribution is 2.70. The van der Waals surface area contributed by atoms with Crippen molar-refractivity contribution in [2.75, 3.05) is 24.3 Å². The number of carbonyl (C=O) groups excluding carboxylic acids is 6. The van der Waals surface area contributed by atoms with Crippen LogP contribution in [0.4, 0.5) is 11.5 Å². The maximum absolute atomic E-state index is 13.7. The molecular weight excluding hydrogens is 534 g/mol. The van der Waals surface area contributed by atoms with Crippen molar-refractivity contribution in [3.8, 4) is 0 Å². The number of piperidine rings is 1. The smallest absolute Gasteiger partial charge is 0.339 e. The average molecular weight is 562 g/mol. The van der Waals surface area contributed by atoms with E-state index in [1.807, 2.05) is 0 Å². The Hall–Kier alpha value is -5.01. The number of imidazole rings is 1. The number of Topliss-reactive ketones (excluding diaryl/α,β-unsaturated/α-hetero) is 1. The molecule has 1 saturated carbocycles. The molecule has 1 saturated heterocycles. The summed E-state index contributed by atoms with van der Waals surface area (Å²) in [5.74, 6) is -3.04. The fraction of sp³-hybridized carbons (Fsp3) is 0.370. The number of carbonyl (C=O) groups is 6. The fourth-order valence-electron chi connectivity index (χ4n) is 6.23. The number of methoxy groups -OCH3 is 1. The summed E-state index contributed by atoms with van der Waals surface area (Å²) in [4.78, 5) is 82.8. The Kier molecular flexibility index (Phi) is 5.43. The highest BCUT2D eigenvalue weighted by atomic mass is 16.5. The van der Waals surface area contributed by atoms with Gasteiger partial charge in [0, 0.05) is 62.7 Å². The van der Waals surface area contributed by atoms with Gasteiger partial charge in [0.1, 0.15) is 5.69 Å². The summed E-state index contributed by atoms with van der Waals surface area (Å²) in [6.07, 6.45) is 5.00. The molecule has 2 aromatic heterocycles. The third-order valence-corrected chi connectivity index (χ3v) is 8.23. The van der Waals surface area contributed by atoms with Crippen LogP contribution in [0.5, 0.6) is 0 Å². The van der Waals surface area contributed by atoms with Crippen LogP contribution in [-0.2, 0) is 38.0 Å². The molecule has 0 radical (unpaired) electrons. The molecular formula is C27H27N7O7. The van der Waals surface area contributed by atoms with E-state index in [1.54, 1.807) is 24.9 Å². The van der Waals surface area contributed by atoms with Crippen molar-refractivity contribution in [2.24, 2.45) is 25.4 Å². The van der Waals surface area contributed by atoms with Gasteiger partial charge in [0.15, 0.2) is 17.1 Å². The standard InChI is InChI=1S/C27H27N7O7/c1-12(35)28-14-6-15(32(3)10-14)23(38)30-18-11-33(4)22(29-18)24(39)34-9-13-8-27(13)17(34)7-16(36)20-19(27)21(37)26(2,31-20)25(40)41-5/h6-7,10-11,13,31H,8-9H2,1-5H3,(H,28,35)(H,30,38)/t13-,26-,27+/m0/s1. The van der Waals surface area contributed by atoms with Gasteiger partial charge < -0.3 is 34.7 Å². The molecule has 4 heterocycles. The monoisotopic (exact) mass is 561 g/mol. The lowest BCUT2D eigenvalue weighted by atomic mass is 9.80. The maximum Gasteiger partial charge on any atom is 0.339 e. The molecule has 2 aliphatic heterocycles. The highest BCUT2D eigenvalue weighted by molar-refractivity contribution is 6.26. The first-order chi connectivity index (χ1) is 19.3. The number of nitrogens with one attached hydrogen (secondary N) is 3. The van der Waals surface area contributed by atoms with Gasteiger partial charge in [0.2, 0.25) is 17.5 Å². The summed E-state index contributed by atoms with van der Waals surface area (Å²) in [6, 6.07) is 1.52. The Labute approximate surface area is 233 Å². The van der Waals surface area contributed by atoms with Crippen LogP contribution in [-0.4, -0.2) is 73.5 Å². The van der Waals surface area contributed by atoms with E-state index in [9.17, 15) is 28.8 Å². The molecule has 212 valence electrons. The lowest BCUT2D eigenvalue weighted by Gasteiger charge is -2.28. The van der Waals surface area contributed by atoms with Gasteiger partial charge in [-0.2, -0.15) is 0 Å². The lowest BCUT2D eigenvalue weighted by Crippen LogP contribution is -2.52. The second-order valence-corrected chi connectivity index (χ2v) is 10.9. The molecule has 4 aliphatic rings. The van der Waals surface area contributed by atoms with Gasteiger partial charge in [0.25, 0.3) is 11.8 Å². The summed E-state index contributed by atoms with van der Waals surface area (Å²) in [6.45, 7) is 3.01. The van der Waals surface area contributed by atoms with Crippen molar-refractivity contribution in [3.05, 3.63) is 53.0 Å². The normalized spacial score (nSPS) is 25.6. The summed E-state index contributed by atoms with van der Waals surface area (Å²) in [5, 5.41) is 8.08. The van der Waals surface area contributed by atoms with Crippen LogP contribution in [0.2, 0.25) is 0 Å². The molecule has 41 heavy (non-hydrogen) atoms. The number of aryl methyl sites for hydroxylation is 2. The second kappa shape index (κ2) is 8.49. The molecule has 0 aromatic carbocycles. The third-order valence-electron chi connectivity index (χ3n) is 8.23. The Morgan fingerprint density at radius 2 is 1.85 bits per heavy atom. The summed E-state index contributed by atoms with van der Waals surface area (Å²) < 4.78 is 7.83. The van der Waals surface area contributed by atoms with Gasteiger partial charge in [-0.15, -0.1) is 0 Å². The molecule has 3 amide bonds. The van der Waals surface area contributed by atoms with E-state index < -0.39 is 40.3 Å². The zero-order valence-corrected chi connectivity index (χ0v) is 22.9. The van der Waals surface area contributed by atoms with E-state index in [2.05, 4.69) is 20.9 Å². The van der Waals surface area contributed by atoms with Gasteiger partial charge in [0.05, 0.1) is 18.5 Å². The molecule has 2 aromatic rings. The zero-order chi connectivity index (χ0) is 29.6. The van der Waals surface area contributed by atoms with Crippen molar-refractivity contribution in [2.45, 2.75) is 25.8 Å². The lowest BCUT2D eigenvalue weighted by molar-refractivity contribution is -0.150. The number of hydrogen-bond donors (Lipinski definition) is 3. The minimum atomic E-state index is -1.72. The Morgan fingerprint density at radius 1 is 1.12 bits per heavy atom. The molecule has 1 spiro atoms. The van der Waals surface area contributed by atoms with Crippen molar-refractivity contribution in [1.29, 1.82) is 0 Å². The van der Waals surface area contributed by atoms with Crippen molar-refractivity contribution in [3.63, 3.8) is 0 Å². The maximum atomic E-state index is 13.7. The minimum Gasteiger partial charge on any atom is -0.467 e. The molecule has 14 heteroatoms. The van der Waals surface area contributed by atoms with Crippen LogP contribution >= 0.6 is 0 Å². The van der Waals surface area contributed by atoms with Crippen LogP contribution in [0.3, 0.4) is 0 Å². The third kappa shape index (κ3) is 3.59. The number of amides is 3. The number of aromatic nitrogens is 3. The van der Waals surface area contributed by atoms with Gasteiger partial charge in [-0.3, -0.25) is 24.0 Å². The number of anilines is 2. The van der Waals surface area contributed by atoms with Gasteiger partial charge >= 0.3 is 5.97 Å². The van der Waals surface area contributed by atoms with E-state index in [4.69, 9.17) is 4.74 Å². The first-order valence-corrected chi connectivity index (χ1v) is 12.8. The van der Waals surface area contributed by atoms with Crippen LogP contribution in [0.15, 0.2) is 41.5 Å². The first-order valence-electron chi connectivity index (χ1n) is 12.8. The number of likely N-dealkylation sites (tertiary alicyclic amines) is 1.